The molecule has 0 amide bonds. The Labute approximate surface area is 83.7 Å². The Kier molecular flexibility index (Phi) is 11.0. The molecule has 0 heteroatoms. The minimum absolute atomic E-state index is 1.02. The van der Waals surface area contributed by atoms with E-state index in [1.54, 1.807) is 0 Å². The molecule has 13 heavy (non-hydrogen) atoms. The van der Waals surface area contributed by atoms with Crippen LogP contribution in [0.4, 0.5) is 0 Å². The first-order valence-corrected chi connectivity index (χ1v) is 5.67. The van der Waals surface area contributed by atoms with Crippen LogP contribution in [0.1, 0.15) is 58.3 Å². The van der Waals surface area contributed by atoms with Crippen molar-refractivity contribution in [3.8, 4) is 0 Å². The third-order valence-electron chi connectivity index (χ3n) is 2.19. The molecule has 0 saturated heterocycles. The van der Waals surface area contributed by atoms with Crippen LogP contribution in [0.15, 0.2) is 24.8 Å². The molecule has 0 radical (unpaired) electrons. The van der Waals surface area contributed by atoms with Gasteiger partial charge in [0.25, 0.3) is 0 Å². The van der Waals surface area contributed by atoms with Gasteiger partial charge in [0.2, 0.25) is 0 Å². The Morgan fingerprint density at radius 2 is 1.62 bits per heavy atom. The van der Waals surface area contributed by atoms with Crippen molar-refractivity contribution in [1.82, 2.24) is 0 Å². The van der Waals surface area contributed by atoms with Crippen LogP contribution in [0.25, 0.3) is 0 Å². The van der Waals surface area contributed by atoms with Gasteiger partial charge in [0.1, 0.15) is 0 Å². The number of hydrogen-bond acceptors (Lipinski definition) is 0. The summed E-state index contributed by atoms with van der Waals surface area (Å²) < 4.78 is 0. The lowest BCUT2D eigenvalue weighted by Crippen LogP contribution is -1.77. The van der Waals surface area contributed by atoms with Gasteiger partial charge in [0, 0.05) is 0 Å². The van der Waals surface area contributed by atoms with Gasteiger partial charge in [-0.2, -0.15) is 0 Å². The van der Waals surface area contributed by atoms with Crippen LogP contribution >= 0.6 is 0 Å². The second kappa shape index (κ2) is 11.5. The van der Waals surface area contributed by atoms with Crippen LogP contribution in [0.5, 0.6) is 0 Å². The zero-order chi connectivity index (χ0) is 9.78. The molecule has 0 aliphatic heterocycles. The number of rotatable bonds is 9. The van der Waals surface area contributed by atoms with E-state index in [0.29, 0.717) is 0 Å². The average Bonchev–Trinajstić information content (AvgIpc) is 2.16. The van der Waals surface area contributed by atoms with Gasteiger partial charge in [0.15, 0.2) is 0 Å². The molecule has 0 atom stereocenters. The molecule has 0 saturated carbocycles. The molecule has 0 unspecified atom stereocenters. The molecule has 0 nitrogen and oxygen atoms in total. The third kappa shape index (κ3) is 11.5. The van der Waals surface area contributed by atoms with E-state index in [-0.39, 0.29) is 0 Å². The van der Waals surface area contributed by atoms with Gasteiger partial charge in [-0.05, 0) is 19.3 Å². The highest BCUT2D eigenvalue weighted by Gasteiger charge is 1.87. The van der Waals surface area contributed by atoms with Crippen LogP contribution in [0.2, 0.25) is 0 Å². The number of unbranched alkanes of at least 4 members (excludes halogenated alkanes) is 6. The van der Waals surface area contributed by atoms with Crippen LogP contribution in [-0.4, -0.2) is 0 Å². The molecule has 0 aromatic heterocycles. The van der Waals surface area contributed by atoms with Gasteiger partial charge in [0.05, 0.1) is 0 Å². The molecule has 0 N–H and O–H groups in total. The fourth-order valence-electron chi connectivity index (χ4n) is 1.35. The summed E-state index contributed by atoms with van der Waals surface area (Å²) >= 11 is 0. The zero-order valence-corrected chi connectivity index (χ0v) is 9.10. The van der Waals surface area contributed by atoms with E-state index < -0.39 is 0 Å². The molecule has 0 heterocycles. The fraction of sp³-hybridized carbons (Fsp3) is 0.692. The van der Waals surface area contributed by atoms with E-state index in [0.717, 1.165) is 6.42 Å². The zero-order valence-electron chi connectivity index (χ0n) is 9.10. The van der Waals surface area contributed by atoms with Crippen molar-refractivity contribution < 1.29 is 0 Å². The van der Waals surface area contributed by atoms with E-state index in [4.69, 9.17) is 0 Å². The summed E-state index contributed by atoms with van der Waals surface area (Å²) in [7, 11) is 0. The highest BCUT2D eigenvalue weighted by atomic mass is 13.9. The Morgan fingerprint density at radius 1 is 0.923 bits per heavy atom. The molecule has 0 rings (SSSR count). The molecule has 0 spiro atoms. The van der Waals surface area contributed by atoms with Crippen molar-refractivity contribution in [3.63, 3.8) is 0 Å². The maximum absolute atomic E-state index is 3.68. The summed E-state index contributed by atoms with van der Waals surface area (Å²) in [6, 6.07) is 0. The van der Waals surface area contributed by atoms with Crippen molar-refractivity contribution in [1.29, 1.82) is 0 Å². The largest absolute Gasteiger partial charge is 0.103 e. The molecule has 0 aliphatic rings. The highest BCUT2D eigenvalue weighted by Crippen LogP contribution is 2.07. The summed E-state index contributed by atoms with van der Waals surface area (Å²) in [4.78, 5) is 0. The first kappa shape index (κ1) is 12.5. The monoisotopic (exact) mass is 180 g/mol. The van der Waals surface area contributed by atoms with Crippen molar-refractivity contribution in [2.45, 2.75) is 58.3 Å². The Balaban J connectivity index is 2.94. The van der Waals surface area contributed by atoms with E-state index in [2.05, 4.69) is 25.7 Å². The van der Waals surface area contributed by atoms with Crippen LogP contribution in [-0.2, 0) is 0 Å². The molecular weight excluding hydrogens is 156 g/mol. The summed E-state index contributed by atoms with van der Waals surface area (Å²) in [6.45, 7) is 5.94. The van der Waals surface area contributed by atoms with Gasteiger partial charge >= 0.3 is 0 Å². The highest BCUT2D eigenvalue weighted by molar-refractivity contribution is 4.87. The van der Waals surface area contributed by atoms with Crippen LogP contribution in [0, 0.1) is 0 Å². The number of allylic oxidation sites excluding steroid dienone is 3. The summed E-state index contributed by atoms with van der Waals surface area (Å²) in [6.07, 6.45) is 17.1. The van der Waals surface area contributed by atoms with Crippen molar-refractivity contribution in [2.24, 2.45) is 0 Å². The second-order valence-electron chi connectivity index (χ2n) is 3.55. The summed E-state index contributed by atoms with van der Waals surface area (Å²) in [5, 5.41) is 0. The van der Waals surface area contributed by atoms with Gasteiger partial charge in [-0.3, -0.25) is 0 Å². The molecular formula is C13H24. The summed E-state index contributed by atoms with van der Waals surface area (Å²) in [5.41, 5.74) is 0. The number of hydrogen-bond donors (Lipinski definition) is 0. The van der Waals surface area contributed by atoms with Crippen molar-refractivity contribution >= 4 is 0 Å². The van der Waals surface area contributed by atoms with Crippen molar-refractivity contribution in [3.05, 3.63) is 24.8 Å². The lowest BCUT2D eigenvalue weighted by molar-refractivity contribution is 0.611. The second-order valence-corrected chi connectivity index (χ2v) is 3.55. The van der Waals surface area contributed by atoms with Crippen LogP contribution < -0.4 is 0 Å². The third-order valence-corrected chi connectivity index (χ3v) is 2.19. The Hall–Kier alpha value is -0.520. The van der Waals surface area contributed by atoms with Gasteiger partial charge in [-0.15, -0.1) is 6.58 Å². The molecule has 0 aromatic rings. The van der Waals surface area contributed by atoms with Gasteiger partial charge in [-0.1, -0.05) is 57.3 Å². The van der Waals surface area contributed by atoms with E-state index >= 15 is 0 Å². The minimum Gasteiger partial charge on any atom is -0.103 e. The molecule has 0 aliphatic carbocycles. The predicted molar refractivity (Wildman–Crippen MR) is 61.9 cm³/mol. The molecule has 0 aromatic carbocycles. The smallest absolute Gasteiger partial charge is 0.0172 e. The maximum Gasteiger partial charge on any atom is -0.0172 e. The van der Waals surface area contributed by atoms with E-state index in [9.17, 15) is 0 Å². The Morgan fingerprint density at radius 3 is 2.31 bits per heavy atom. The first-order chi connectivity index (χ1) is 6.41. The van der Waals surface area contributed by atoms with Gasteiger partial charge in [-0.25, -0.2) is 0 Å². The van der Waals surface area contributed by atoms with E-state index in [1.165, 1.54) is 44.9 Å². The lowest BCUT2D eigenvalue weighted by Gasteiger charge is -1.97. The van der Waals surface area contributed by atoms with Gasteiger partial charge < -0.3 is 0 Å². The molecule has 0 bridgehead atoms. The fourth-order valence-corrected chi connectivity index (χ4v) is 1.35. The first-order valence-electron chi connectivity index (χ1n) is 5.67. The van der Waals surface area contributed by atoms with E-state index in [1.807, 2.05) is 6.08 Å². The Bertz CT molecular complexity index is 122. The normalized spacial score (nSPS) is 10.8. The lowest BCUT2D eigenvalue weighted by atomic mass is 10.1. The maximum atomic E-state index is 3.68. The van der Waals surface area contributed by atoms with Crippen molar-refractivity contribution in [2.75, 3.05) is 0 Å². The average molecular weight is 180 g/mol. The quantitative estimate of drug-likeness (QED) is 0.351. The summed E-state index contributed by atoms with van der Waals surface area (Å²) in [5.74, 6) is 0. The predicted octanol–water partition coefficient (Wildman–Crippen LogP) is 4.87. The minimum atomic E-state index is 1.02. The SMILES string of the molecule is C=CC/C=C\CCCCCCCC. The molecule has 0 fully saturated rings. The van der Waals surface area contributed by atoms with Crippen LogP contribution in [0.3, 0.4) is 0 Å². The molecule has 76 valence electrons. The topological polar surface area (TPSA) is 0 Å². The standard InChI is InChI=1S/C13H24/c1-3-5-7-9-11-13-12-10-8-6-4-2/h3,7,9H,1,4-6,8,10-13H2,2H3/b9-7-.